The summed E-state index contributed by atoms with van der Waals surface area (Å²) >= 11 is 7.04. The highest BCUT2D eigenvalue weighted by atomic mass is 35.5. The number of rotatable bonds is 4. The molecule has 0 aliphatic carbocycles. The summed E-state index contributed by atoms with van der Waals surface area (Å²) < 4.78 is 26.6. The van der Waals surface area contributed by atoms with Gasteiger partial charge in [-0.2, -0.15) is 0 Å². The van der Waals surface area contributed by atoms with Gasteiger partial charge in [-0.3, -0.25) is 20.4 Å². The van der Waals surface area contributed by atoms with Crippen LogP contribution in [0.25, 0.3) is 10.6 Å². The second-order valence-corrected chi connectivity index (χ2v) is 6.75. The number of nitrogens with one attached hydrogen (secondary N) is 2. The molecule has 0 fully saturated rings. The summed E-state index contributed by atoms with van der Waals surface area (Å²) in [7, 11) is 0. The predicted octanol–water partition coefficient (Wildman–Crippen LogP) is 3.75. The van der Waals surface area contributed by atoms with E-state index >= 15 is 0 Å². The topological polar surface area (TPSA) is 71.1 Å². The maximum Gasteiger partial charge on any atom is 0.272 e. The molecule has 138 valence electrons. The lowest BCUT2D eigenvalue weighted by Crippen LogP contribution is -2.42. The SMILES string of the molecule is O=C(Cc1csc(-c2ccc(F)cc2)n1)NNC(=O)c1cc(Cl)ccc1F. The van der Waals surface area contributed by atoms with Crippen molar-refractivity contribution in [3.05, 3.63) is 75.8 Å². The van der Waals surface area contributed by atoms with Crippen LogP contribution >= 0.6 is 22.9 Å². The minimum atomic E-state index is -0.825. The average molecular weight is 408 g/mol. The summed E-state index contributed by atoms with van der Waals surface area (Å²) in [5.74, 6) is -2.45. The van der Waals surface area contributed by atoms with Gasteiger partial charge < -0.3 is 0 Å². The van der Waals surface area contributed by atoms with E-state index in [1.54, 1.807) is 17.5 Å². The molecule has 2 aromatic carbocycles. The number of halogens is 3. The van der Waals surface area contributed by atoms with Gasteiger partial charge in [-0.05, 0) is 42.5 Å². The Morgan fingerprint density at radius 2 is 1.81 bits per heavy atom. The van der Waals surface area contributed by atoms with Gasteiger partial charge in [0.25, 0.3) is 5.91 Å². The van der Waals surface area contributed by atoms with Gasteiger partial charge in [-0.15, -0.1) is 11.3 Å². The largest absolute Gasteiger partial charge is 0.273 e. The van der Waals surface area contributed by atoms with Crippen molar-refractivity contribution >= 4 is 34.8 Å². The van der Waals surface area contributed by atoms with E-state index in [4.69, 9.17) is 11.6 Å². The zero-order chi connectivity index (χ0) is 19.4. The van der Waals surface area contributed by atoms with E-state index in [0.717, 1.165) is 17.7 Å². The van der Waals surface area contributed by atoms with Gasteiger partial charge in [-0.1, -0.05) is 11.6 Å². The van der Waals surface area contributed by atoms with E-state index in [1.807, 2.05) is 0 Å². The van der Waals surface area contributed by atoms with Crippen LogP contribution in [0.5, 0.6) is 0 Å². The summed E-state index contributed by atoms with van der Waals surface area (Å²) in [6.45, 7) is 0. The van der Waals surface area contributed by atoms with Crippen molar-refractivity contribution in [1.82, 2.24) is 15.8 Å². The van der Waals surface area contributed by atoms with Crippen molar-refractivity contribution in [2.45, 2.75) is 6.42 Å². The third kappa shape index (κ3) is 4.87. The molecule has 0 saturated heterocycles. The molecule has 3 aromatic rings. The predicted molar refractivity (Wildman–Crippen MR) is 98.2 cm³/mol. The zero-order valence-corrected chi connectivity index (χ0v) is 15.2. The van der Waals surface area contributed by atoms with E-state index in [1.165, 1.54) is 29.5 Å². The average Bonchev–Trinajstić information content (AvgIpc) is 3.10. The molecule has 0 bridgehead atoms. The molecule has 5 nitrogen and oxygen atoms in total. The van der Waals surface area contributed by atoms with Gasteiger partial charge in [0.2, 0.25) is 5.91 Å². The molecule has 1 heterocycles. The van der Waals surface area contributed by atoms with Crippen LogP contribution in [0.2, 0.25) is 5.02 Å². The fourth-order valence-corrected chi connectivity index (χ4v) is 3.19. The number of hydrogen-bond acceptors (Lipinski definition) is 4. The smallest absolute Gasteiger partial charge is 0.272 e. The van der Waals surface area contributed by atoms with Crippen LogP contribution < -0.4 is 10.9 Å². The Balaban J connectivity index is 1.57. The molecule has 0 atom stereocenters. The molecule has 0 aliphatic rings. The molecule has 27 heavy (non-hydrogen) atoms. The number of thiazole rings is 1. The molecular weight excluding hydrogens is 396 g/mol. The second-order valence-electron chi connectivity index (χ2n) is 5.45. The summed E-state index contributed by atoms with van der Waals surface area (Å²) in [6.07, 6.45) is -0.0873. The third-order valence-corrected chi connectivity index (χ3v) is 4.65. The fourth-order valence-electron chi connectivity index (χ4n) is 2.19. The van der Waals surface area contributed by atoms with Crippen LogP contribution in [0.4, 0.5) is 8.78 Å². The Hall–Kier alpha value is -2.84. The molecule has 1 aromatic heterocycles. The minimum Gasteiger partial charge on any atom is -0.273 e. The van der Waals surface area contributed by atoms with Gasteiger partial charge >= 0.3 is 0 Å². The molecule has 0 saturated carbocycles. The quantitative estimate of drug-likeness (QED) is 0.647. The molecule has 0 aliphatic heterocycles. The van der Waals surface area contributed by atoms with Crippen molar-refractivity contribution in [2.75, 3.05) is 0 Å². The van der Waals surface area contributed by atoms with Crippen LogP contribution in [-0.4, -0.2) is 16.8 Å². The highest BCUT2D eigenvalue weighted by molar-refractivity contribution is 7.13. The van der Waals surface area contributed by atoms with E-state index < -0.39 is 17.6 Å². The Morgan fingerprint density at radius 1 is 1.07 bits per heavy atom. The molecule has 0 radical (unpaired) electrons. The number of nitrogens with zero attached hydrogens (tertiary/aromatic N) is 1. The second kappa shape index (κ2) is 8.24. The monoisotopic (exact) mass is 407 g/mol. The molecule has 9 heteroatoms. The van der Waals surface area contributed by atoms with Gasteiger partial charge in [0, 0.05) is 16.0 Å². The normalized spacial score (nSPS) is 10.5. The Kier molecular flexibility index (Phi) is 5.78. The number of carbonyl (C=O) groups is 2. The van der Waals surface area contributed by atoms with Crippen molar-refractivity contribution in [1.29, 1.82) is 0 Å². The number of carbonyl (C=O) groups excluding carboxylic acids is 2. The highest BCUT2D eigenvalue weighted by Gasteiger charge is 2.14. The maximum atomic E-state index is 13.6. The lowest BCUT2D eigenvalue weighted by molar-refractivity contribution is -0.121. The highest BCUT2D eigenvalue weighted by Crippen LogP contribution is 2.24. The van der Waals surface area contributed by atoms with Gasteiger partial charge in [0.1, 0.15) is 16.6 Å². The number of hydrazine groups is 1. The Morgan fingerprint density at radius 3 is 2.56 bits per heavy atom. The van der Waals surface area contributed by atoms with Crippen molar-refractivity contribution < 1.29 is 18.4 Å². The third-order valence-electron chi connectivity index (χ3n) is 3.47. The van der Waals surface area contributed by atoms with Crippen molar-refractivity contribution in [3.63, 3.8) is 0 Å². The van der Waals surface area contributed by atoms with E-state index in [-0.39, 0.29) is 22.8 Å². The van der Waals surface area contributed by atoms with Crippen LogP contribution in [0.1, 0.15) is 16.1 Å². The zero-order valence-electron chi connectivity index (χ0n) is 13.6. The number of benzene rings is 2. The number of aromatic nitrogens is 1. The molecule has 2 N–H and O–H groups in total. The molecule has 0 unspecified atom stereocenters. The number of amides is 2. The summed E-state index contributed by atoms with van der Waals surface area (Å²) in [5.41, 5.74) is 5.27. The van der Waals surface area contributed by atoms with Crippen LogP contribution in [0.15, 0.2) is 47.8 Å². The maximum absolute atomic E-state index is 13.6. The van der Waals surface area contributed by atoms with Gasteiger partial charge in [-0.25, -0.2) is 13.8 Å². The van der Waals surface area contributed by atoms with Crippen LogP contribution in [0.3, 0.4) is 0 Å². The first-order chi connectivity index (χ1) is 12.9. The van der Waals surface area contributed by atoms with Crippen LogP contribution in [-0.2, 0) is 11.2 Å². The molecular formula is C18H12ClF2N3O2S. The Labute approximate surface area is 162 Å². The lowest BCUT2D eigenvalue weighted by Gasteiger charge is -2.07. The first kappa shape index (κ1) is 18.9. The van der Waals surface area contributed by atoms with E-state index in [2.05, 4.69) is 15.8 Å². The molecule has 0 spiro atoms. The van der Waals surface area contributed by atoms with Crippen LogP contribution in [0, 0.1) is 11.6 Å². The van der Waals surface area contributed by atoms with Gasteiger partial charge in [0.15, 0.2) is 0 Å². The Bertz CT molecular complexity index is 993. The van der Waals surface area contributed by atoms with E-state index in [9.17, 15) is 18.4 Å². The lowest BCUT2D eigenvalue weighted by atomic mass is 10.2. The summed E-state index contributed by atoms with van der Waals surface area (Å²) in [6, 6.07) is 9.38. The van der Waals surface area contributed by atoms with Crippen molar-refractivity contribution in [2.24, 2.45) is 0 Å². The van der Waals surface area contributed by atoms with Crippen molar-refractivity contribution in [3.8, 4) is 10.6 Å². The molecule has 3 rings (SSSR count). The molecule has 2 amide bonds. The number of hydrogen-bond donors (Lipinski definition) is 2. The van der Waals surface area contributed by atoms with E-state index in [0.29, 0.717) is 10.7 Å². The standard InChI is InChI=1S/C18H12ClF2N3O2S/c19-11-3-6-15(21)14(7-11)17(26)24-23-16(25)8-13-9-27-18(22-13)10-1-4-12(20)5-2-10/h1-7,9H,8H2,(H,23,25)(H,24,26). The fraction of sp³-hybridized carbons (Fsp3) is 0.0556. The first-order valence-corrected chi connectivity index (χ1v) is 8.93. The van der Waals surface area contributed by atoms with Gasteiger partial charge in [0.05, 0.1) is 17.7 Å². The first-order valence-electron chi connectivity index (χ1n) is 7.67. The summed E-state index contributed by atoms with van der Waals surface area (Å²) in [5, 5.41) is 2.53. The summed E-state index contributed by atoms with van der Waals surface area (Å²) in [4.78, 5) is 28.2. The minimum absolute atomic E-state index is 0.0873.